The Morgan fingerprint density at radius 1 is 1.53 bits per heavy atom. The summed E-state index contributed by atoms with van der Waals surface area (Å²) < 4.78 is 7.22. The van der Waals surface area contributed by atoms with Gasteiger partial charge in [0, 0.05) is 25.5 Å². The molecule has 1 heterocycles. The maximum atomic E-state index is 8.48. The molecule has 0 unspecified atom stereocenters. The van der Waals surface area contributed by atoms with Crippen LogP contribution in [0.1, 0.15) is 12.7 Å². The second-order valence-electron chi connectivity index (χ2n) is 3.14. The Labute approximate surface area is 90.1 Å². The van der Waals surface area contributed by atoms with E-state index in [4.69, 9.17) is 9.84 Å². The van der Waals surface area contributed by atoms with Crippen molar-refractivity contribution in [1.82, 2.24) is 14.9 Å². The summed E-state index contributed by atoms with van der Waals surface area (Å²) >= 11 is 0. The van der Waals surface area contributed by atoms with E-state index in [1.54, 1.807) is 0 Å². The van der Waals surface area contributed by atoms with Crippen LogP contribution in [0.2, 0.25) is 0 Å². The van der Waals surface area contributed by atoms with E-state index in [2.05, 4.69) is 21.8 Å². The van der Waals surface area contributed by atoms with Gasteiger partial charge in [-0.05, 0) is 6.92 Å². The molecule has 5 heteroatoms. The van der Waals surface area contributed by atoms with Crippen LogP contribution in [0.5, 0.6) is 0 Å². The molecule has 0 saturated carbocycles. The number of hydrogen-bond donors (Lipinski definition) is 2. The Kier molecular flexibility index (Phi) is 5.99. The van der Waals surface area contributed by atoms with Crippen molar-refractivity contribution in [3.63, 3.8) is 0 Å². The highest BCUT2D eigenvalue weighted by Gasteiger charge is 1.99. The second kappa shape index (κ2) is 7.39. The van der Waals surface area contributed by atoms with E-state index >= 15 is 0 Å². The van der Waals surface area contributed by atoms with E-state index in [0.717, 1.165) is 25.5 Å². The summed E-state index contributed by atoms with van der Waals surface area (Å²) in [6.45, 7) is 5.67. The molecule has 2 N–H and O–H groups in total. The zero-order valence-corrected chi connectivity index (χ0v) is 9.15. The third kappa shape index (κ3) is 4.42. The van der Waals surface area contributed by atoms with Crippen LogP contribution in [0.4, 0.5) is 0 Å². The van der Waals surface area contributed by atoms with Crippen LogP contribution >= 0.6 is 0 Å². The highest BCUT2D eigenvalue weighted by molar-refractivity contribution is 4.91. The molecule has 1 rings (SSSR count). The Hall–Kier alpha value is -0.910. The largest absolute Gasteiger partial charge is 0.394 e. The van der Waals surface area contributed by atoms with Gasteiger partial charge in [0.2, 0.25) is 0 Å². The van der Waals surface area contributed by atoms with Gasteiger partial charge in [-0.15, -0.1) is 0 Å². The average molecular weight is 213 g/mol. The Morgan fingerprint density at radius 2 is 2.40 bits per heavy atom. The van der Waals surface area contributed by atoms with Gasteiger partial charge in [-0.1, -0.05) is 0 Å². The first-order chi connectivity index (χ1) is 7.38. The highest BCUT2D eigenvalue weighted by Crippen LogP contribution is 1.95. The van der Waals surface area contributed by atoms with E-state index in [9.17, 15) is 0 Å². The van der Waals surface area contributed by atoms with E-state index < -0.39 is 0 Å². The summed E-state index contributed by atoms with van der Waals surface area (Å²) in [5.74, 6) is 1.04. The van der Waals surface area contributed by atoms with Crippen LogP contribution in [-0.4, -0.2) is 41.0 Å². The normalized spacial score (nSPS) is 10.8. The van der Waals surface area contributed by atoms with Gasteiger partial charge in [-0.2, -0.15) is 0 Å². The summed E-state index contributed by atoms with van der Waals surface area (Å²) in [6.07, 6.45) is 3.78. The number of aliphatic hydroxyl groups excluding tert-OH is 1. The fourth-order valence-electron chi connectivity index (χ4n) is 1.31. The molecule has 0 aliphatic carbocycles. The SMILES string of the molecule is CCn1ccnc1CNCCOCCO. The molecule has 0 fully saturated rings. The van der Waals surface area contributed by atoms with Crippen LogP contribution in [0.3, 0.4) is 0 Å². The smallest absolute Gasteiger partial charge is 0.122 e. The van der Waals surface area contributed by atoms with Gasteiger partial charge in [0.25, 0.3) is 0 Å². The Morgan fingerprint density at radius 3 is 3.13 bits per heavy atom. The molecule has 0 aliphatic rings. The summed E-state index contributed by atoms with van der Waals surface area (Å²) in [5, 5.41) is 11.7. The molecule has 0 aromatic carbocycles. The fourth-order valence-corrected chi connectivity index (χ4v) is 1.31. The average Bonchev–Trinajstić information content (AvgIpc) is 2.70. The summed E-state index contributed by atoms with van der Waals surface area (Å²) in [7, 11) is 0. The maximum absolute atomic E-state index is 8.48. The predicted octanol–water partition coefficient (Wildman–Crippen LogP) is 0.00150. The molecule has 0 atom stereocenters. The van der Waals surface area contributed by atoms with Crippen LogP contribution < -0.4 is 5.32 Å². The van der Waals surface area contributed by atoms with Crippen molar-refractivity contribution in [2.24, 2.45) is 0 Å². The van der Waals surface area contributed by atoms with Crippen LogP contribution in [-0.2, 0) is 17.8 Å². The number of aliphatic hydroxyl groups is 1. The molecule has 1 aromatic heterocycles. The zero-order valence-electron chi connectivity index (χ0n) is 9.15. The van der Waals surface area contributed by atoms with Gasteiger partial charge >= 0.3 is 0 Å². The van der Waals surface area contributed by atoms with Gasteiger partial charge in [-0.3, -0.25) is 0 Å². The minimum absolute atomic E-state index is 0.0836. The molecule has 0 saturated heterocycles. The number of aryl methyl sites for hydroxylation is 1. The number of nitrogens with zero attached hydrogens (tertiary/aromatic N) is 2. The Bertz CT molecular complexity index is 263. The minimum atomic E-state index is 0.0836. The fraction of sp³-hybridized carbons (Fsp3) is 0.700. The summed E-state index contributed by atoms with van der Waals surface area (Å²) in [6, 6.07) is 0. The van der Waals surface area contributed by atoms with Crippen molar-refractivity contribution in [3.8, 4) is 0 Å². The third-order valence-electron chi connectivity index (χ3n) is 2.08. The third-order valence-corrected chi connectivity index (χ3v) is 2.08. The lowest BCUT2D eigenvalue weighted by molar-refractivity contribution is 0.0937. The van der Waals surface area contributed by atoms with E-state index in [-0.39, 0.29) is 6.61 Å². The molecular formula is C10H19N3O2. The number of ether oxygens (including phenoxy) is 1. The number of hydrogen-bond acceptors (Lipinski definition) is 4. The van der Waals surface area contributed by atoms with Crippen molar-refractivity contribution in [1.29, 1.82) is 0 Å². The standard InChI is InChI=1S/C10H19N3O2/c1-2-13-5-3-12-10(13)9-11-4-7-15-8-6-14/h3,5,11,14H,2,4,6-9H2,1H3. The molecule has 0 bridgehead atoms. The van der Waals surface area contributed by atoms with Gasteiger partial charge in [0.05, 0.1) is 26.4 Å². The number of aromatic nitrogens is 2. The minimum Gasteiger partial charge on any atom is -0.394 e. The van der Waals surface area contributed by atoms with Crippen molar-refractivity contribution < 1.29 is 9.84 Å². The van der Waals surface area contributed by atoms with E-state index in [0.29, 0.717) is 13.2 Å². The van der Waals surface area contributed by atoms with Crippen molar-refractivity contribution >= 4 is 0 Å². The van der Waals surface area contributed by atoms with E-state index in [1.807, 2.05) is 12.4 Å². The second-order valence-corrected chi connectivity index (χ2v) is 3.14. The number of nitrogens with one attached hydrogen (secondary N) is 1. The highest BCUT2D eigenvalue weighted by atomic mass is 16.5. The molecular weight excluding hydrogens is 194 g/mol. The molecule has 15 heavy (non-hydrogen) atoms. The molecule has 0 spiro atoms. The van der Waals surface area contributed by atoms with Gasteiger partial charge in [0.15, 0.2) is 0 Å². The lowest BCUT2D eigenvalue weighted by atomic mass is 10.5. The van der Waals surface area contributed by atoms with Crippen molar-refractivity contribution in [2.75, 3.05) is 26.4 Å². The molecule has 0 amide bonds. The quantitative estimate of drug-likeness (QED) is 0.597. The molecule has 0 radical (unpaired) electrons. The van der Waals surface area contributed by atoms with Crippen LogP contribution in [0.25, 0.3) is 0 Å². The summed E-state index contributed by atoms with van der Waals surface area (Å²) in [4.78, 5) is 4.24. The Balaban J connectivity index is 2.09. The monoisotopic (exact) mass is 213 g/mol. The van der Waals surface area contributed by atoms with Gasteiger partial charge in [0.1, 0.15) is 5.82 Å². The number of imidazole rings is 1. The lowest BCUT2D eigenvalue weighted by Gasteiger charge is -2.06. The van der Waals surface area contributed by atoms with Crippen molar-refractivity contribution in [2.45, 2.75) is 20.0 Å². The number of rotatable bonds is 8. The van der Waals surface area contributed by atoms with Crippen molar-refractivity contribution in [3.05, 3.63) is 18.2 Å². The topological polar surface area (TPSA) is 59.3 Å². The zero-order chi connectivity index (χ0) is 10.9. The molecule has 86 valence electrons. The predicted molar refractivity (Wildman–Crippen MR) is 57.5 cm³/mol. The van der Waals surface area contributed by atoms with Crippen LogP contribution in [0, 0.1) is 0 Å². The van der Waals surface area contributed by atoms with Gasteiger partial charge < -0.3 is 19.7 Å². The first-order valence-corrected chi connectivity index (χ1v) is 5.27. The first kappa shape index (κ1) is 12.2. The lowest BCUT2D eigenvalue weighted by Crippen LogP contribution is -2.22. The molecule has 5 nitrogen and oxygen atoms in total. The van der Waals surface area contributed by atoms with Crippen LogP contribution in [0.15, 0.2) is 12.4 Å². The molecule has 0 aliphatic heterocycles. The van der Waals surface area contributed by atoms with E-state index in [1.165, 1.54) is 0 Å². The van der Waals surface area contributed by atoms with Gasteiger partial charge in [-0.25, -0.2) is 4.98 Å². The first-order valence-electron chi connectivity index (χ1n) is 5.27. The molecule has 1 aromatic rings. The summed E-state index contributed by atoms with van der Waals surface area (Å²) in [5.41, 5.74) is 0. The maximum Gasteiger partial charge on any atom is 0.122 e.